The lowest BCUT2D eigenvalue weighted by atomic mass is 10.2. The van der Waals surface area contributed by atoms with E-state index >= 15 is 0 Å². The molecule has 0 spiro atoms. The van der Waals surface area contributed by atoms with Crippen molar-refractivity contribution in [2.24, 2.45) is 0 Å². The van der Waals surface area contributed by atoms with Crippen LogP contribution in [-0.4, -0.2) is 26.7 Å². The van der Waals surface area contributed by atoms with Crippen molar-refractivity contribution in [2.75, 3.05) is 13.4 Å². The molecule has 0 aliphatic heterocycles. The van der Waals surface area contributed by atoms with E-state index in [1.807, 2.05) is 0 Å². The lowest BCUT2D eigenvalue weighted by Gasteiger charge is -2.03. The standard InChI is InChI=1S/C9H11NO5S/c1-15-9-4-3-7(6-16(2,13)14)5-8(9)10(11)12/h3-5H,6H2,1-2H3. The lowest BCUT2D eigenvalue weighted by Crippen LogP contribution is -2.02. The Labute approximate surface area is 92.9 Å². The molecule has 0 atom stereocenters. The molecule has 16 heavy (non-hydrogen) atoms. The second-order valence-electron chi connectivity index (χ2n) is 3.33. The number of rotatable bonds is 4. The summed E-state index contributed by atoms with van der Waals surface area (Å²) >= 11 is 0. The van der Waals surface area contributed by atoms with Gasteiger partial charge < -0.3 is 4.74 Å². The van der Waals surface area contributed by atoms with Crippen molar-refractivity contribution in [3.05, 3.63) is 33.9 Å². The Hall–Kier alpha value is -1.63. The molecule has 0 heterocycles. The van der Waals surface area contributed by atoms with Gasteiger partial charge in [0, 0.05) is 12.3 Å². The van der Waals surface area contributed by atoms with Gasteiger partial charge >= 0.3 is 5.69 Å². The van der Waals surface area contributed by atoms with Gasteiger partial charge in [-0.25, -0.2) is 8.42 Å². The Morgan fingerprint density at radius 3 is 2.50 bits per heavy atom. The summed E-state index contributed by atoms with van der Waals surface area (Å²) in [6.45, 7) is 0. The molecule has 6 nitrogen and oxygen atoms in total. The Morgan fingerprint density at radius 1 is 1.44 bits per heavy atom. The number of nitro benzene ring substituents is 1. The van der Waals surface area contributed by atoms with Gasteiger partial charge in [-0.1, -0.05) is 6.07 Å². The van der Waals surface area contributed by atoms with E-state index in [9.17, 15) is 18.5 Å². The summed E-state index contributed by atoms with van der Waals surface area (Å²) < 4.78 is 26.9. The number of sulfone groups is 1. The predicted molar refractivity (Wildman–Crippen MR) is 58.2 cm³/mol. The maximum absolute atomic E-state index is 11.0. The topological polar surface area (TPSA) is 86.5 Å². The zero-order valence-electron chi connectivity index (χ0n) is 8.84. The molecule has 0 unspecified atom stereocenters. The zero-order valence-corrected chi connectivity index (χ0v) is 9.65. The molecular weight excluding hydrogens is 234 g/mol. The average molecular weight is 245 g/mol. The van der Waals surface area contributed by atoms with Crippen LogP contribution in [0.3, 0.4) is 0 Å². The second kappa shape index (κ2) is 4.48. The summed E-state index contributed by atoms with van der Waals surface area (Å²) in [6.07, 6.45) is 1.07. The monoisotopic (exact) mass is 245 g/mol. The van der Waals surface area contributed by atoms with Gasteiger partial charge in [-0.05, 0) is 11.6 Å². The van der Waals surface area contributed by atoms with Crippen LogP contribution in [0.25, 0.3) is 0 Å². The zero-order chi connectivity index (χ0) is 12.3. The SMILES string of the molecule is COc1ccc(CS(C)(=O)=O)cc1[N+](=O)[O-]. The van der Waals surface area contributed by atoms with E-state index in [4.69, 9.17) is 4.74 Å². The molecule has 0 amide bonds. The smallest absolute Gasteiger partial charge is 0.311 e. The first-order valence-corrected chi connectivity index (χ1v) is 6.38. The molecule has 0 N–H and O–H groups in total. The van der Waals surface area contributed by atoms with Crippen molar-refractivity contribution in [3.63, 3.8) is 0 Å². The molecule has 0 aliphatic carbocycles. The maximum atomic E-state index is 11.0. The lowest BCUT2D eigenvalue weighted by molar-refractivity contribution is -0.385. The molecule has 0 bridgehead atoms. The highest BCUT2D eigenvalue weighted by molar-refractivity contribution is 7.89. The summed E-state index contributed by atoms with van der Waals surface area (Å²) in [5.41, 5.74) is 0.138. The first-order valence-electron chi connectivity index (χ1n) is 4.32. The van der Waals surface area contributed by atoms with Gasteiger partial charge in [-0.3, -0.25) is 10.1 Å². The normalized spacial score (nSPS) is 11.1. The molecule has 1 aromatic carbocycles. The quantitative estimate of drug-likeness (QED) is 0.586. The van der Waals surface area contributed by atoms with Gasteiger partial charge in [0.15, 0.2) is 15.6 Å². The average Bonchev–Trinajstić information content (AvgIpc) is 2.15. The van der Waals surface area contributed by atoms with Crippen LogP contribution < -0.4 is 4.74 Å². The first kappa shape index (κ1) is 12.4. The van der Waals surface area contributed by atoms with Crippen molar-refractivity contribution in [3.8, 4) is 5.75 Å². The Balaban J connectivity index is 3.17. The summed E-state index contributed by atoms with van der Waals surface area (Å²) in [7, 11) is -1.88. The van der Waals surface area contributed by atoms with Crippen molar-refractivity contribution < 1.29 is 18.1 Å². The molecule has 0 aliphatic rings. The maximum Gasteiger partial charge on any atom is 0.311 e. The number of hydrogen-bond acceptors (Lipinski definition) is 5. The molecule has 88 valence electrons. The fourth-order valence-corrected chi connectivity index (χ4v) is 2.06. The van der Waals surface area contributed by atoms with Crippen LogP contribution in [0.2, 0.25) is 0 Å². The third-order valence-electron chi connectivity index (χ3n) is 1.87. The summed E-state index contributed by atoms with van der Waals surface area (Å²) in [4.78, 5) is 10.1. The fourth-order valence-electron chi connectivity index (χ4n) is 1.27. The number of hydrogen-bond donors (Lipinski definition) is 0. The number of methoxy groups -OCH3 is 1. The Bertz CT molecular complexity index is 509. The van der Waals surface area contributed by atoms with Crippen molar-refractivity contribution in [2.45, 2.75) is 5.75 Å². The minimum Gasteiger partial charge on any atom is -0.490 e. The number of nitrogens with zero attached hydrogens (tertiary/aromatic N) is 1. The van der Waals surface area contributed by atoms with Crippen LogP contribution in [0.4, 0.5) is 5.69 Å². The van der Waals surface area contributed by atoms with E-state index in [0.29, 0.717) is 5.56 Å². The third kappa shape index (κ3) is 3.20. The van der Waals surface area contributed by atoms with Crippen molar-refractivity contribution in [1.82, 2.24) is 0 Å². The van der Waals surface area contributed by atoms with Crippen LogP contribution in [-0.2, 0) is 15.6 Å². The molecule has 0 aromatic heterocycles. The largest absolute Gasteiger partial charge is 0.490 e. The fraction of sp³-hybridized carbons (Fsp3) is 0.333. The summed E-state index contributed by atoms with van der Waals surface area (Å²) in [5.74, 6) is -0.111. The van der Waals surface area contributed by atoms with Gasteiger partial charge in [-0.15, -0.1) is 0 Å². The van der Waals surface area contributed by atoms with Crippen LogP contribution in [0.15, 0.2) is 18.2 Å². The number of ether oxygens (including phenoxy) is 1. The third-order valence-corrected chi connectivity index (χ3v) is 2.73. The molecule has 1 aromatic rings. The van der Waals surface area contributed by atoms with Gasteiger partial charge in [0.2, 0.25) is 0 Å². The van der Waals surface area contributed by atoms with Gasteiger partial charge in [0.05, 0.1) is 17.8 Å². The van der Waals surface area contributed by atoms with E-state index < -0.39 is 14.8 Å². The molecule has 0 saturated carbocycles. The van der Waals surface area contributed by atoms with E-state index in [1.165, 1.54) is 25.3 Å². The van der Waals surface area contributed by atoms with Crippen molar-refractivity contribution in [1.29, 1.82) is 0 Å². The summed E-state index contributed by atoms with van der Waals surface area (Å²) in [5, 5.41) is 10.7. The highest BCUT2D eigenvalue weighted by Crippen LogP contribution is 2.27. The van der Waals surface area contributed by atoms with Crippen LogP contribution >= 0.6 is 0 Å². The first-order chi connectivity index (χ1) is 7.33. The van der Waals surface area contributed by atoms with E-state index in [0.717, 1.165) is 6.26 Å². The molecule has 0 fully saturated rings. The highest BCUT2D eigenvalue weighted by Gasteiger charge is 2.16. The van der Waals surface area contributed by atoms with Gasteiger partial charge in [0.1, 0.15) is 0 Å². The minimum atomic E-state index is -3.20. The second-order valence-corrected chi connectivity index (χ2v) is 5.47. The molecule has 1 rings (SSSR count). The Morgan fingerprint density at radius 2 is 2.06 bits per heavy atom. The molecule has 0 saturated heterocycles. The van der Waals surface area contributed by atoms with Gasteiger partial charge in [-0.2, -0.15) is 0 Å². The van der Waals surface area contributed by atoms with E-state index in [-0.39, 0.29) is 17.2 Å². The molecule has 7 heteroatoms. The van der Waals surface area contributed by atoms with Gasteiger partial charge in [0.25, 0.3) is 0 Å². The van der Waals surface area contributed by atoms with E-state index in [1.54, 1.807) is 0 Å². The predicted octanol–water partition coefficient (Wildman–Crippen LogP) is 1.15. The Kier molecular flexibility index (Phi) is 3.48. The van der Waals surface area contributed by atoms with Crippen LogP contribution in [0.1, 0.15) is 5.56 Å². The summed E-state index contributed by atoms with van der Waals surface area (Å²) in [6, 6.07) is 4.09. The van der Waals surface area contributed by atoms with Crippen LogP contribution in [0.5, 0.6) is 5.75 Å². The van der Waals surface area contributed by atoms with E-state index in [2.05, 4.69) is 0 Å². The van der Waals surface area contributed by atoms with Crippen LogP contribution in [0, 0.1) is 10.1 Å². The number of nitro groups is 1. The highest BCUT2D eigenvalue weighted by atomic mass is 32.2. The molecular formula is C9H11NO5S. The number of benzene rings is 1. The van der Waals surface area contributed by atoms with Crippen molar-refractivity contribution >= 4 is 15.5 Å². The minimum absolute atomic E-state index is 0.113. The molecule has 0 radical (unpaired) electrons.